The van der Waals surface area contributed by atoms with Crippen LogP contribution in [0.25, 0.3) is 0 Å². The summed E-state index contributed by atoms with van der Waals surface area (Å²) in [4.78, 5) is 13.5. The molecule has 0 aliphatic heterocycles. The lowest BCUT2D eigenvalue weighted by Crippen LogP contribution is -2.40. The van der Waals surface area contributed by atoms with E-state index in [1.165, 1.54) is 4.90 Å². The van der Waals surface area contributed by atoms with Crippen molar-refractivity contribution in [3.63, 3.8) is 0 Å². The van der Waals surface area contributed by atoms with Crippen LogP contribution in [0.1, 0.15) is 13.3 Å². The highest BCUT2D eigenvalue weighted by atomic mass is 35.5. The summed E-state index contributed by atoms with van der Waals surface area (Å²) in [7, 11) is 1.61. The van der Waals surface area contributed by atoms with E-state index in [0.717, 1.165) is 0 Å². The van der Waals surface area contributed by atoms with Crippen LogP contribution >= 0.6 is 23.2 Å². The van der Waals surface area contributed by atoms with Gasteiger partial charge in [-0.3, -0.25) is 0 Å². The van der Waals surface area contributed by atoms with Gasteiger partial charge in [-0.1, -0.05) is 28.4 Å². The Kier molecular flexibility index (Phi) is 5.91. The molecule has 0 spiro atoms. The normalized spacial score (nSPS) is 12.9. The standard InChI is InChI=1S/C12H16Cl2N4O2/c1-7(3-11(15)17-20)18(2)12(19)16-10-5-8(13)4-9(14)6-10/h4-7,20H,3H2,1-2H3,(H2,15,17)(H,16,19). The zero-order chi connectivity index (χ0) is 15.3. The summed E-state index contributed by atoms with van der Waals surface area (Å²) >= 11 is 11.7. The third kappa shape index (κ3) is 4.79. The monoisotopic (exact) mass is 318 g/mol. The Morgan fingerprint density at radius 2 is 2.00 bits per heavy atom. The summed E-state index contributed by atoms with van der Waals surface area (Å²) in [6.45, 7) is 1.78. The Hall–Kier alpha value is -1.66. The second-order valence-electron chi connectivity index (χ2n) is 4.34. The van der Waals surface area contributed by atoms with Gasteiger partial charge in [0.2, 0.25) is 0 Å². The third-order valence-electron chi connectivity index (χ3n) is 2.73. The molecule has 1 aromatic rings. The van der Waals surface area contributed by atoms with E-state index in [1.54, 1.807) is 32.2 Å². The summed E-state index contributed by atoms with van der Waals surface area (Å²) in [5, 5.41) is 14.9. The van der Waals surface area contributed by atoms with E-state index in [1.807, 2.05) is 0 Å². The topological polar surface area (TPSA) is 91.0 Å². The summed E-state index contributed by atoms with van der Waals surface area (Å²) in [6, 6.07) is 4.17. The Morgan fingerprint density at radius 1 is 1.45 bits per heavy atom. The van der Waals surface area contributed by atoms with E-state index in [9.17, 15) is 4.79 Å². The third-order valence-corrected chi connectivity index (χ3v) is 3.16. The highest BCUT2D eigenvalue weighted by Crippen LogP contribution is 2.22. The second kappa shape index (κ2) is 7.21. The van der Waals surface area contributed by atoms with Gasteiger partial charge >= 0.3 is 6.03 Å². The van der Waals surface area contributed by atoms with Gasteiger partial charge < -0.3 is 21.2 Å². The first kappa shape index (κ1) is 16.4. The highest BCUT2D eigenvalue weighted by Gasteiger charge is 2.17. The fraction of sp³-hybridized carbons (Fsp3) is 0.333. The number of amidine groups is 1. The molecule has 0 radical (unpaired) electrons. The molecule has 0 aromatic heterocycles. The van der Waals surface area contributed by atoms with Crippen LogP contribution in [0.5, 0.6) is 0 Å². The maximum Gasteiger partial charge on any atom is 0.321 e. The van der Waals surface area contributed by atoms with E-state index in [2.05, 4.69) is 10.5 Å². The van der Waals surface area contributed by atoms with E-state index in [0.29, 0.717) is 15.7 Å². The molecule has 2 amide bonds. The van der Waals surface area contributed by atoms with E-state index < -0.39 is 0 Å². The van der Waals surface area contributed by atoms with Crippen LogP contribution < -0.4 is 11.1 Å². The van der Waals surface area contributed by atoms with Crippen molar-refractivity contribution in [3.05, 3.63) is 28.2 Å². The van der Waals surface area contributed by atoms with Gasteiger partial charge in [0.1, 0.15) is 5.84 Å². The quantitative estimate of drug-likeness (QED) is 0.345. The molecular formula is C12H16Cl2N4O2. The van der Waals surface area contributed by atoms with E-state index >= 15 is 0 Å². The summed E-state index contributed by atoms with van der Waals surface area (Å²) < 4.78 is 0. The minimum Gasteiger partial charge on any atom is -0.409 e. The molecule has 0 saturated heterocycles. The van der Waals surface area contributed by atoms with Crippen molar-refractivity contribution in [2.45, 2.75) is 19.4 Å². The molecule has 0 fully saturated rings. The van der Waals surface area contributed by atoms with E-state index in [4.69, 9.17) is 34.1 Å². The average Bonchev–Trinajstić information content (AvgIpc) is 2.36. The number of urea groups is 1. The van der Waals surface area contributed by atoms with Crippen LogP contribution in [0, 0.1) is 0 Å². The highest BCUT2D eigenvalue weighted by molar-refractivity contribution is 6.35. The van der Waals surface area contributed by atoms with Crippen LogP contribution in [-0.2, 0) is 0 Å². The second-order valence-corrected chi connectivity index (χ2v) is 5.22. The zero-order valence-corrected chi connectivity index (χ0v) is 12.6. The van der Waals surface area contributed by atoms with Gasteiger partial charge in [0.25, 0.3) is 0 Å². The molecular weight excluding hydrogens is 303 g/mol. The van der Waals surface area contributed by atoms with Crippen molar-refractivity contribution in [2.75, 3.05) is 12.4 Å². The van der Waals surface area contributed by atoms with Gasteiger partial charge in [-0.05, 0) is 25.1 Å². The predicted molar refractivity (Wildman–Crippen MR) is 80.7 cm³/mol. The minimum absolute atomic E-state index is 0.0583. The van der Waals surface area contributed by atoms with Gasteiger partial charge in [0, 0.05) is 35.2 Å². The Labute approximate surface area is 127 Å². The first-order chi connectivity index (χ1) is 9.33. The molecule has 4 N–H and O–H groups in total. The number of oxime groups is 1. The largest absolute Gasteiger partial charge is 0.409 e. The van der Waals surface area contributed by atoms with Gasteiger partial charge in [0.15, 0.2) is 0 Å². The lowest BCUT2D eigenvalue weighted by Gasteiger charge is -2.24. The number of nitrogens with zero attached hydrogens (tertiary/aromatic N) is 2. The fourth-order valence-electron chi connectivity index (χ4n) is 1.52. The Balaban J connectivity index is 2.70. The van der Waals surface area contributed by atoms with Crippen LogP contribution in [0.3, 0.4) is 0 Å². The Morgan fingerprint density at radius 3 is 2.50 bits per heavy atom. The van der Waals surface area contributed by atoms with Crippen molar-refractivity contribution in [1.29, 1.82) is 0 Å². The molecule has 0 aliphatic carbocycles. The smallest absolute Gasteiger partial charge is 0.321 e. The number of hydrogen-bond acceptors (Lipinski definition) is 3. The first-order valence-electron chi connectivity index (χ1n) is 5.79. The lowest BCUT2D eigenvalue weighted by atomic mass is 10.2. The number of carbonyl (C=O) groups is 1. The SMILES string of the molecule is CC(C/C(N)=N/O)N(C)C(=O)Nc1cc(Cl)cc(Cl)c1. The molecule has 1 atom stereocenters. The molecule has 8 heteroatoms. The van der Waals surface area contributed by atoms with E-state index in [-0.39, 0.29) is 24.3 Å². The van der Waals surface area contributed by atoms with Gasteiger partial charge in [-0.15, -0.1) is 0 Å². The van der Waals surface area contributed by atoms with Gasteiger partial charge in [0.05, 0.1) is 0 Å². The molecule has 0 bridgehead atoms. The van der Waals surface area contributed by atoms with Crippen LogP contribution in [0.4, 0.5) is 10.5 Å². The molecule has 0 aliphatic rings. The number of carbonyl (C=O) groups excluding carboxylic acids is 1. The van der Waals surface area contributed by atoms with Gasteiger partial charge in [-0.25, -0.2) is 4.79 Å². The van der Waals surface area contributed by atoms with Crippen molar-refractivity contribution in [1.82, 2.24) is 4.90 Å². The number of hydrogen-bond donors (Lipinski definition) is 3. The predicted octanol–water partition coefficient (Wildman–Crippen LogP) is 2.98. The van der Waals surface area contributed by atoms with Crippen LogP contribution in [-0.4, -0.2) is 35.1 Å². The fourth-order valence-corrected chi connectivity index (χ4v) is 2.04. The molecule has 1 aromatic carbocycles. The average molecular weight is 319 g/mol. The van der Waals surface area contributed by atoms with Crippen LogP contribution in [0.15, 0.2) is 23.4 Å². The molecule has 1 unspecified atom stereocenters. The number of halogens is 2. The number of anilines is 1. The van der Waals surface area contributed by atoms with Crippen molar-refractivity contribution in [2.24, 2.45) is 10.9 Å². The first-order valence-corrected chi connectivity index (χ1v) is 6.55. The summed E-state index contributed by atoms with van der Waals surface area (Å²) in [5.41, 5.74) is 5.91. The van der Waals surface area contributed by atoms with Gasteiger partial charge in [-0.2, -0.15) is 0 Å². The Bertz CT molecular complexity index is 502. The number of rotatable bonds is 4. The van der Waals surface area contributed by atoms with Crippen molar-refractivity contribution < 1.29 is 10.0 Å². The van der Waals surface area contributed by atoms with Crippen molar-refractivity contribution >= 4 is 40.8 Å². The number of nitrogens with one attached hydrogen (secondary N) is 1. The number of nitrogens with two attached hydrogens (primary N) is 1. The molecule has 20 heavy (non-hydrogen) atoms. The van der Waals surface area contributed by atoms with Crippen LogP contribution in [0.2, 0.25) is 10.0 Å². The molecule has 6 nitrogen and oxygen atoms in total. The summed E-state index contributed by atoms with van der Waals surface area (Å²) in [5.74, 6) is 0.0583. The maximum absolute atomic E-state index is 12.0. The molecule has 0 heterocycles. The summed E-state index contributed by atoms with van der Waals surface area (Å²) in [6.07, 6.45) is 0.261. The maximum atomic E-state index is 12.0. The molecule has 0 saturated carbocycles. The molecule has 1 rings (SSSR count). The number of benzene rings is 1. The number of amides is 2. The minimum atomic E-state index is -0.346. The lowest BCUT2D eigenvalue weighted by molar-refractivity contribution is 0.208. The zero-order valence-electron chi connectivity index (χ0n) is 11.1. The molecule has 110 valence electrons. The van der Waals surface area contributed by atoms with Crippen molar-refractivity contribution in [3.8, 4) is 0 Å².